The van der Waals surface area contributed by atoms with Crippen LogP contribution in [0.3, 0.4) is 0 Å². The van der Waals surface area contributed by atoms with Gasteiger partial charge in [0.25, 0.3) is 0 Å². The van der Waals surface area contributed by atoms with Crippen LogP contribution in [0.4, 0.5) is 0 Å². The molecule has 0 unspecified atom stereocenters. The number of aliphatic hydroxyl groups is 9. The van der Waals surface area contributed by atoms with E-state index in [-0.39, 0.29) is 88.7 Å². The number of carbonyl (C=O) groups excluding carboxylic acids is 3. The standard InChI is InChI=1S/C12H22O11.C6H8O7.3Na/c13-1-4-6(16)8(18)9(19)11(21-4)23-12(3-15)10(20)7(17)5(2-14)22-12;7-3(8)1-6(13,5(11)12)2-4(9)10;;;/h4-11,13-20H,1-3H2;13H,1-2H2,(H,7,8)(H,9,10)(H,11,12);;;/q;;3*+1/p-3/t4-,5-,6-,7-,8+,9-,10+,11-,12+;;;;/m1..../s1. The second-order valence-corrected chi connectivity index (χ2v) is 7.98. The zero-order chi connectivity index (χ0) is 28.0. The fourth-order valence-corrected chi connectivity index (χ4v) is 3.32. The topological polar surface area (TPSA) is 330 Å². The molecule has 0 spiro atoms. The minimum Gasteiger partial charge on any atom is -0.550 e. The van der Waals surface area contributed by atoms with Gasteiger partial charge in [-0.05, 0) is 0 Å². The van der Waals surface area contributed by atoms with Gasteiger partial charge in [0.2, 0.25) is 5.79 Å². The van der Waals surface area contributed by atoms with Crippen LogP contribution in [0.2, 0.25) is 0 Å². The maximum atomic E-state index is 10.1. The predicted molar refractivity (Wildman–Crippen MR) is 97.8 cm³/mol. The third-order valence-electron chi connectivity index (χ3n) is 5.32. The Hall–Kier alpha value is 0.930. The molecule has 9 N–H and O–H groups in total. The second kappa shape index (κ2) is 19.3. The molecule has 0 aliphatic carbocycles. The Morgan fingerprint density at radius 3 is 1.56 bits per heavy atom. The summed E-state index contributed by atoms with van der Waals surface area (Å²) in [5.41, 5.74) is -2.97. The van der Waals surface area contributed by atoms with Gasteiger partial charge >= 0.3 is 88.7 Å². The average molecular weight is 600 g/mol. The van der Waals surface area contributed by atoms with E-state index in [9.17, 15) is 60.3 Å². The normalized spacial score (nSPS) is 33.8. The molecule has 2 saturated heterocycles. The molecule has 210 valence electrons. The van der Waals surface area contributed by atoms with Crippen molar-refractivity contribution < 1.29 is 179 Å². The van der Waals surface area contributed by atoms with Crippen LogP contribution < -0.4 is 104 Å². The molecule has 9 atom stereocenters. The number of aliphatic carboxylic acids is 3. The van der Waals surface area contributed by atoms with E-state index in [1.165, 1.54) is 0 Å². The zero-order valence-corrected chi connectivity index (χ0v) is 27.4. The Morgan fingerprint density at radius 2 is 1.23 bits per heavy atom. The first-order valence-electron chi connectivity index (χ1n) is 10.2. The van der Waals surface area contributed by atoms with Gasteiger partial charge in [-0.25, -0.2) is 0 Å². The van der Waals surface area contributed by atoms with E-state index in [1.807, 2.05) is 0 Å². The molecule has 0 amide bonds. The van der Waals surface area contributed by atoms with Gasteiger partial charge in [0, 0.05) is 24.8 Å². The maximum Gasteiger partial charge on any atom is 1.00 e. The first kappa shape index (κ1) is 44.4. The molecule has 0 bridgehead atoms. The van der Waals surface area contributed by atoms with Crippen LogP contribution in [0.15, 0.2) is 0 Å². The Kier molecular flexibility index (Phi) is 21.9. The summed E-state index contributed by atoms with van der Waals surface area (Å²) >= 11 is 0. The van der Waals surface area contributed by atoms with Crippen molar-refractivity contribution in [1.82, 2.24) is 0 Å². The van der Waals surface area contributed by atoms with Crippen LogP contribution in [-0.4, -0.2) is 144 Å². The number of hydrogen-bond donors (Lipinski definition) is 9. The number of hydrogen-bond acceptors (Lipinski definition) is 18. The van der Waals surface area contributed by atoms with Crippen molar-refractivity contribution >= 4 is 17.9 Å². The van der Waals surface area contributed by atoms with Crippen LogP contribution in [0.5, 0.6) is 0 Å². The Labute approximate surface area is 287 Å². The minimum atomic E-state index is -2.97. The molecule has 2 aliphatic rings. The second-order valence-electron chi connectivity index (χ2n) is 7.98. The van der Waals surface area contributed by atoms with Gasteiger partial charge in [-0.1, -0.05) is 0 Å². The molecule has 0 radical (unpaired) electrons. The van der Waals surface area contributed by atoms with E-state index < -0.39 is 111 Å². The molecule has 0 aromatic rings. The largest absolute Gasteiger partial charge is 1.00 e. The van der Waals surface area contributed by atoms with Crippen molar-refractivity contribution in [3.05, 3.63) is 0 Å². The Bertz CT molecular complexity index is 758. The van der Waals surface area contributed by atoms with Gasteiger partial charge in [-0.3, -0.25) is 0 Å². The van der Waals surface area contributed by atoms with Crippen molar-refractivity contribution in [1.29, 1.82) is 0 Å². The Balaban J connectivity index is -0.000000706. The summed E-state index contributed by atoms with van der Waals surface area (Å²) in [6.07, 6.45) is -15.4. The van der Waals surface area contributed by atoms with Crippen LogP contribution in [0, 0.1) is 0 Å². The summed E-state index contributed by atoms with van der Waals surface area (Å²) in [6.45, 7) is -2.32. The summed E-state index contributed by atoms with van der Waals surface area (Å²) in [6, 6.07) is 0. The van der Waals surface area contributed by atoms with E-state index in [0.717, 1.165) is 0 Å². The monoisotopic (exact) mass is 600 g/mol. The van der Waals surface area contributed by atoms with Crippen LogP contribution in [0.1, 0.15) is 12.8 Å². The molecule has 21 heteroatoms. The predicted octanol–water partition coefficient (Wildman–Crippen LogP) is -19.6. The molecule has 39 heavy (non-hydrogen) atoms. The van der Waals surface area contributed by atoms with Crippen molar-refractivity contribution in [2.45, 2.75) is 73.2 Å². The van der Waals surface area contributed by atoms with Gasteiger partial charge in [0.1, 0.15) is 54.9 Å². The number of aliphatic hydroxyl groups excluding tert-OH is 8. The van der Waals surface area contributed by atoms with E-state index in [2.05, 4.69) is 0 Å². The number of carbonyl (C=O) groups is 3. The quantitative estimate of drug-likeness (QED) is 0.105. The van der Waals surface area contributed by atoms with E-state index in [0.29, 0.717) is 0 Å². The van der Waals surface area contributed by atoms with E-state index >= 15 is 0 Å². The third kappa shape index (κ3) is 11.5. The van der Waals surface area contributed by atoms with E-state index in [1.54, 1.807) is 0 Å². The van der Waals surface area contributed by atoms with E-state index in [4.69, 9.17) is 29.5 Å². The summed E-state index contributed by atoms with van der Waals surface area (Å²) in [5.74, 6) is -8.21. The molecule has 18 nitrogen and oxygen atoms in total. The molecular formula is C18H27Na3O18. The smallest absolute Gasteiger partial charge is 0.550 e. The molecule has 2 rings (SSSR count). The number of carboxylic acids is 3. The molecule has 2 fully saturated rings. The van der Waals surface area contributed by atoms with Crippen LogP contribution in [0.25, 0.3) is 0 Å². The van der Waals surface area contributed by atoms with Crippen molar-refractivity contribution in [3.8, 4) is 0 Å². The van der Waals surface area contributed by atoms with Gasteiger partial charge in [0.15, 0.2) is 6.29 Å². The first-order chi connectivity index (χ1) is 16.6. The van der Waals surface area contributed by atoms with Gasteiger partial charge in [0.05, 0.1) is 19.2 Å². The molecule has 0 saturated carbocycles. The van der Waals surface area contributed by atoms with Gasteiger partial charge in [-0.2, -0.15) is 0 Å². The summed E-state index contributed by atoms with van der Waals surface area (Å²) in [5, 5.41) is 116. The first-order valence-corrected chi connectivity index (χ1v) is 10.2. The van der Waals surface area contributed by atoms with Gasteiger partial charge in [-0.15, -0.1) is 0 Å². The van der Waals surface area contributed by atoms with Crippen LogP contribution in [-0.2, 0) is 28.6 Å². The average Bonchev–Trinajstić information content (AvgIpc) is 3.03. The van der Waals surface area contributed by atoms with Crippen molar-refractivity contribution in [2.24, 2.45) is 0 Å². The minimum absolute atomic E-state index is 0. The van der Waals surface area contributed by atoms with Crippen LogP contribution >= 0.6 is 0 Å². The third-order valence-corrected chi connectivity index (χ3v) is 5.32. The fraction of sp³-hybridized carbons (Fsp3) is 0.833. The number of ether oxygens (including phenoxy) is 3. The van der Waals surface area contributed by atoms with Crippen molar-refractivity contribution in [3.63, 3.8) is 0 Å². The maximum absolute atomic E-state index is 10.1. The number of carboxylic acid groups (broad SMARTS) is 3. The summed E-state index contributed by atoms with van der Waals surface area (Å²) in [7, 11) is 0. The molecular weight excluding hydrogens is 573 g/mol. The zero-order valence-electron chi connectivity index (χ0n) is 21.4. The molecule has 0 aromatic carbocycles. The summed E-state index contributed by atoms with van der Waals surface area (Å²) in [4.78, 5) is 30.0. The van der Waals surface area contributed by atoms with Crippen molar-refractivity contribution in [2.75, 3.05) is 19.8 Å². The fourth-order valence-electron chi connectivity index (χ4n) is 3.32. The number of rotatable bonds is 10. The molecule has 0 aromatic heterocycles. The Morgan fingerprint density at radius 1 is 0.769 bits per heavy atom. The SMILES string of the molecule is O=C([O-])CC(O)(CC(=O)[O-])C(=O)[O-].OC[C@H]1O[C@@](CO)(O[C@H]2O[C@H](CO)[C@@H](O)[C@H](O)[C@H]2O)[C@@H](O)[C@@H]1O.[Na+].[Na+].[Na+]. The molecule has 2 heterocycles. The molecule has 2 aliphatic heterocycles. The van der Waals surface area contributed by atoms with Gasteiger partial charge < -0.3 is 89.9 Å². The summed E-state index contributed by atoms with van der Waals surface area (Å²) < 4.78 is 15.4.